The number of carbonyl (C=O) groups is 1. The maximum Gasteiger partial charge on any atom is 0.313 e. The van der Waals surface area contributed by atoms with Crippen LogP contribution in [0.3, 0.4) is 0 Å². The number of halogens is 3. The van der Waals surface area contributed by atoms with Gasteiger partial charge in [-0.25, -0.2) is 4.39 Å². The Hall–Kier alpha value is -0.800. The van der Waals surface area contributed by atoms with Gasteiger partial charge in [-0.3, -0.25) is 4.79 Å². The number of hydrogen-bond donors (Lipinski definition) is 1. The highest BCUT2D eigenvalue weighted by atomic mass is 35.5. The SMILES string of the molecule is CC(C)(CNC(=O)Cl)c1cc(Cl)ccc1F. The zero-order valence-electron chi connectivity index (χ0n) is 8.98. The van der Waals surface area contributed by atoms with Crippen molar-refractivity contribution in [3.05, 3.63) is 34.6 Å². The van der Waals surface area contributed by atoms with Crippen LogP contribution in [0.5, 0.6) is 0 Å². The van der Waals surface area contributed by atoms with E-state index in [0.717, 1.165) is 0 Å². The highest BCUT2D eigenvalue weighted by Gasteiger charge is 2.24. The zero-order valence-corrected chi connectivity index (χ0v) is 10.5. The second kappa shape index (κ2) is 5.02. The predicted molar refractivity (Wildman–Crippen MR) is 63.7 cm³/mol. The average Bonchev–Trinajstić information content (AvgIpc) is 2.19. The minimum atomic E-state index is -0.657. The molecule has 0 saturated carbocycles. The van der Waals surface area contributed by atoms with Crippen LogP contribution in [-0.4, -0.2) is 11.9 Å². The predicted octanol–water partition coefficient (Wildman–Crippen LogP) is 3.71. The van der Waals surface area contributed by atoms with Gasteiger partial charge >= 0.3 is 5.37 Å². The van der Waals surface area contributed by atoms with Gasteiger partial charge in [-0.05, 0) is 35.4 Å². The van der Waals surface area contributed by atoms with E-state index in [1.54, 1.807) is 19.9 Å². The summed E-state index contributed by atoms with van der Waals surface area (Å²) in [4.78, 5) is 10.6. The first-order valence-electron chi connectivity index (χ1n) is 4.72. The molecule has 2 nitrogen and oxygen atoms in total. The van der Waals surface area contributed by atoms with E-state index in [2.05, 4.69) is 5.32 Å². The lowest BCUT2D eigenvalue weighted by Gasteiger charge is -2.25. The van der Waals surface area contributed by atoms with Crippen molar-refractivity contribution >= 4 is 28.6 Å². The summed E-state index contributed by atoms with van der Waals surface area (Å²) in [6, 6.07) is 4.34. The molecule has 1 aromatic rings. The molecule has 1 rings (SSSR count). The molecular formula is C11H12Cl2FNO. The Bertz CT molecular complexity index is 407. The third kappa shape index (κ3) is 3.35. The van der Waals surface area contributed by atoms with Gasteiger partial charge in [0.25, 0.3) is 0 Å². The van der Waals surface area contributed by atoms with Crippen molar-refractivity contribution in [3.8, 4) is 0 Å². The first-order chi connectivity index (χ1) is 7.33. The maximum absolute atomic E-state index is 13.6. The molecule has 0 fully saturated rings. The van der Waals surface area contributed by atoms with E-state index in [1.807, 2.05) is 0 Å². The van der Waals surface area contributed by atoms with Crippen LogP contribution in [-0.2, 0) is 5.41 Å². The van der Waals surface area contributed by atoms with Gasteiger partial charge in [0.15, 0.2) is 0 Å². The van der Waals surface area contributed by atoms with Gasteiger partial charge in [-0.2, -0.15) is 0 Å². The molecule has 88 valence electrons. The molecule has 0 atom stereocenters. The number of benzene rings is 1. The molecule has 5 heteroatoms. The molecule has 0 spiro atoms. The van der Waals surface area contributed by atoms with Crippen LogP contribution in [0.4, 0.5) is 9.18 Å². The molecule has 0 saturated heterocycles. The maximum atomic E-state index is 13.6. The van der Waals surface area contributed by atoms with Crippen LogP contribution < -0.4 is 5.32 Å². The number of carbonyl (C=O) groups excluding carboxylic acids is 1. The second-order valence-corrected chi connectivity index (χ2v) is 4.92. The summed E-state index contributed by atoms with van der Waals surface area (Å²) in [5.74, 6) is -0.349. The van der Waals surface area contributed by atoms with Crippen LogP contribution >= 0.6 is 23.2 Å². The number of amides is 1. The lowest BCUT2D eigenvalue weighted by Crippen LogP contribution is -2.34. The van der Waals surface area contributed by atoms with Crippen molar-refractivity contribution in [2.24, 2.45) is 0 Å². The van der Waals surface area contributed by atoms with Crippen molar-refractivity contribution in [3.63, 3.8) is 0 Å². The molecule has 1 amide bonds. The Labute approximate surface area is 104 Å². The first-order valence-corrected chi connectivity index (χ1v) is 5.47. The molecule has 0 aliphatic rings. The Morgan fingerprint density at radius 1 is 1.50 bits per heavy atom. The first kappa shape index (κ1) is 13.3. The lowest BCUT2D eigenvalue weighted by molar-refractivity contribution is 0.257. The molecule has 0 aliphatic carbocycles. The Balaban J connectivity index is 2.96. The van der Waals surface area contributed by atoms with Gasteiger partial charge in [0.1, 0.15) is 5.82 Å². The van der Waals surface area contributed by atoms with Crippen LogP contribution in [0.25, 0.3) is 0 Å². The molecule has 1 N–H and O–H groups in total. The monoisotopic (exact) mass is 263 g/mol. The van der Waals surface area contributed by atoms with Gasteiger partial charge in [-0.1, -0.05) is 25.4 Å². The molecule has 1 aromatic carbocycles. The van der Waals surface area contributed by atoms with Crippen LogP contribution in [0.1, 0.15) is 19.4 Å². The van der Waals surface area contributed by atoms with Gasteiger partial charge in [0.05, 0.1) is 0 Å². The fourth-order valence-electron chi connectivity index (χ4n) is 1.40. The van der Waals surface area contributed by atoms with E-state index in [9.17, 15) is 9.18 Å². The quantitative estimate of drug-likeness (QED) is 0.654. The number of hydrogen-bond acceptors (Lipinski definition) is 1. The molecule has 0 aliphatic heterocycles. The number of nitrogens with one attached hydrogen (secondary N) is 1. The molecule has 16 heavy (non-hydrogen) atoms. The smallest absolute Gasteiger partial charge is 0.313 e. The van der Waals surface area contributed by atoms with E-state index >= 15 is 0 Å². The summed E-state index contributed by atoms with van der Waals surface area (Å²) < 4.78 is 13.6. The Kier molecular flexibility index (Phi) is 4.16. The summed E-state index contributed by atoms with van der Waals surface area (Å²) in [6.07, 6.45) is 0. The van der Waals surface area contributed by atoms with Gasteiger partial charge in [0, 0.05) is 17.0 Å². The summed E-state index contributed by atoms with van der Waals surface area (Å²) in [5.41, 5.74) is -0.120. The standard InChI is InChI=1S/C11H12Cl2FNO/c1-11(2,6-15-10(13)16)8-5-7(12)3-4-9(8)14/h3-5H,6H2,1-2H3,(H,15,16). The minimum Gasteiger partial charge on any atom is -0.342 e. The summed E-state index contributed by atoms with van der Waals surface area (Å²) in [5, 5.41) is 2.25. The molecule has 0 heterocycles. The highest BCUT2D eigenvalue weighted by molar-refractivity contribution is 6.62. The van der Waals surface area contributed by atoms with Crippen LogP contribution in [0.15, 0.2) is 18.2 Å². The van der Waals surface area contributed by atoms with Gasteiger partial charge < -0.3 is 5.32 Å². The van der Waals surface area contributed by atoms with E-state index < -0.39 is 10.8 Å². The van der Waals surface area contributed by atoms with E-state index in [-0.39, 0.29) is 12.4 Å². The van der Waals surface area contributed by atoms with E-state index in [0.29, 0.717) is 10.6 Å². The second-order valence-electron chi connectivity index (χ2n) is 4.14. The normalized spacial score (nSPS) is 11.3. The number of rotatable bonds is 3. The Morgan fingerprint density at radius 3 is 2.69 bits per heavy atom. The fraction of sp³-hybridized carbons (Fsp3) is 0.364. The molecular weight excluding hydrogens is 252 g/mol. The van der Waals surface area contributed by atoms with Crippen LogP contribution in [0, 0.1) is 5.82 Å². The van der Waals surface area contributed by atoms with Crippen molar-refractivity contribution in [2.75, 3.05) is 6.54 Å². The molecule has 0 bridgehead atoms. The summed E-state index contributed by atoms with van der Waals surface area (Å²) in [7, 11) is 0. The summed E-state index contributed by atoms with van der Waals surface area (Å²) in [6.45, 7) is 3.84. The average molecular weight is 264 g/mol. The molecule has 0 radical (unpaired) electrons. The van der Waals surface area contributed by atoms with Gasteiger partial charge in [0.2, 0.25) is 0 Å². The Morgan fingerprint density at radius 2 is 2.12 bits per heavy atom. The summed E-state index contributed by atoms with van der Waals surface area (Å²) >= 11 is 11.0. The highest BCUT2D eigenvalue weighted by Crippen LogP contribution is 2.27. The molecule has 0 unspecified atom stereocenters. The van der Waals surface area contributed by atoms with E-state index in [1.165, 1.54) is 12.1 Å². The zero-order chi connectivity index (χ0) is 12.3. The van der Waals surface area contributed by atoms with Gasteiger partial charge in [-0.15, -0.1) is 0 Å². The van der Waals surface area contributed by atoms with Crippen LogP contribution in [0.2, 0.25) is 5.02 Å². The van der Waals surface area contributed by atoms with Crippen molar-refractivity contribution in [2.45, 2.75) is 19.3 Å². The lowest BCUT2D eigenvalue weighted by atomic mass is 9.84. The largest absolute Gasteiger partial charge is 0.342 e. The van der Waals surface area contributed by atoms with Crippen molar-refractivity contribution in [1.29, 1.82) is 0 Å². The minimum absolute atomic E-state index is 0.243. The third-order valence-electron chi connectivity index (χ3n) is 2.33. The topological polar surface area (TPSA) is 29.1 Å². The fourth-order valence-corrected chi connectivity index (χ4v) is 1.64. The molecule has 0 aromatic heterocycles. The van der Waals surface area contributed by atoms with Crippen molar-refractivity contribution < 1.29 is 9.18 Å². The van der Waals surface area contributed by atoms with Crippen molar-refractivity contribution in [1.82, 2.24) is 5.32 Å². The third-order valence-corrected chi connectivity index (χ3v) is 2.70. The van der Waals surface area contributed by atoms with E-state index in [4.69, 9.17) is 23.2 Å².